The van der Waals surface area contributed by atoms with Crippen LogP contribution in [0.2, 0.25) is 0 Å². The first kappa shape index (κ1) is 32.3. The number of hydrogen-bond donors (Lipinski definition) is 3. The zero-order valence-corrected chi connectivity index (χ0v) is 28.1. The van der Waals surface area contributed by atoms with E-state index in [1.165, 1.54) is 11.6 Å². The van der Waals surface area contributed by atoms with E-state index in [2.05, 4.69) is 47.6 Å². The number of hydrogen-bond acceptors (Lipinski definition) is 5. The number of carboxylic acid groups (broad SMARTS) is 1. The lowest BCUT2D eigenvalue weighted by Crippen LogP contribution is -2.65. The van der Waals surface area contributed by atoms with Crippen molar-refractivity contribution in [3.63, 3.8) is 0 Å². The van der Waals surface area contributed by atoms with E-state index in [4.69, 9.17) is 4.74 Å². The molecule has 6 nitrogen and oxygen atoms in total. The van der Waals surface area contributed by atoms with E-state index in [0.29, 0.717) is 24.7 Å². The Morgan fingerprint density at radius 2 is 1.64 bits per heavy atom. The van der Waals surface area contributed by atoms with Crippen molar-refractivity contribution in [1.29, 1.82) is 0 Å². The van der Waals surface area contributed by atoms with Crippen molar-refractivity contribution in [2.24, 2.45) is 56.7 Å². The van der Waals surface area contributed by atoms with Gasteiger partial charge in [-0.05, 0) is 127 Å². The summed E-state index contributed by atoms with van der Waals surface area (Å²) in [6, 6.07) is 6.75. The first-order valence-electron chi connectivity index (χ1n) is 17.4. The number of phenols is 1. The molecule has 10 atom stereocenters. The van der Waals surface area contributed by atoms with Crippen molar-refractivity contribution in [3.05, 3.63) is 47.6 Å². The predicted molar refractivity (Wildman–Crippen MR) is 175 cm³/mol. The van der Waals surface area contributed by atoms with Gasteiger partial charge in [-0.2, -0.15) is 0 Å². The van der Waals surface area contributed by atoms with Gasteiger partial charge >= 0.3 is 11.9 Å². The third kappa shape index (κ3) is 4.66. The number of ether oxygens (including phenoxy) is 1. The highest BCUT2D eigenvalue weighted by atomic mass is 16.5. The average Bonchev–Trinajstić information content (AvgIpc) is 2.98. The number of rotatable bonds is 5. The second-order valence-corrected chi connectivity index (χ2v) is 16.8. The minimum Gasteiger partial charge on any atom is -0.508 e. The largest absolute Gasteiger partial charge is 0.508 e. The molecular weight excluding hydrogens is 564 g/mol. The summed E-state index contributed by atoms with van der Waals surface area (Å²) in [6.07, 6.45) is 13.6. The maximum Gasteiger partial charge on any atom is 0.331 e. The van der Waals surface area contributed by atoms with Crippen LogP contribution >= 0.6 is 0 Å². The number of benzene rings is 1. The lowest BCUT2D eigenvalue weighted by Gasteiger charge is -2.71. The van der Waals surface area contributed by atoms with Crippen LogP contribution in [0.3, 0.4) is 0 Å². The Balaban J connectivity index is 1.27. The number of aromatic hydroxyl groups is 1. The highest BCUT2D eigenvalue weighted by molar-refractivity contribution is 5.87. The van der Waals surface area contributed by atoms with E-state index in [0.717, 1.165) is 50.5 Å². The van der Waals surface area contributed by atoms with Gasteiger partial charge in [0.2, 0.25) is 0 Å². The number of carbonyl (C=O) groups is 2. The first-order valence-corrected chi connectivity index (χ1v) is 17.4. The van der Waals surface area contributed by atoms with Gasteiger partial charge in [-0.3, -0.25) is 4.79 Å². The standard InChI is InChI=1S/C39H54O6/c1-24-26(23-40)15-20-39(34(43)44)22-21-37(5)28(33(24)39)12-13-30-36(4)18-17-31(35(2,3)29(36)16-19-38(30,37)6)45-32(42)14-9-25-7-10-27(41)11-8-25/h7-12,14,24,26,29-31,33,40-41H,13,15-23H2,1-6H3,(H,43,44)/b14-9+/t24-,26-,29-,30+,31-,33-,36-,37-,38+,39+/m0/s1. The normalized spacial score (nSPS) is 43.7. The molecule has 0 saturated heterocycles. The van der Waals surface area contributed by atoms with Crippen molar-refractivity contribution >= 4 is 18.0 Å². The summed E-state index contributed by atoms with van der Waals surface area (Å²) in [7, 11) is 0. The van der Waals surface area contributed by atoms with Crippen LogP contribution < -0.4 is 0 Å². The molecule has 5 aliphatic carbocycles. The molecule has 0 amide bonds. The van der Waals surface area contributed by atoms with E-state index in [1.807, 2.05) is 0 Å². The molecule has 1 aromatic carbocycles. The minimum atomic E-state index is -0.721. The highest BCUT2D eigenvalue weighted by Gasteiger charge is 2.69. The molecule has 0 spiro atoms. The number of fused-ring (bicyclic) bond motifs is 7. The third-order valence-electron chi connectivity index (χ3n) is 14.9. The van der Waals surface area contributed by atoms with E-state index in [-0.39, 0.29) is 63.8 Å². The number of carboxylic acids is 1. The fourth-order valence-electron chi connectivity index (χ4n) is 12.1. The number of aliphatic carboxylic acids is 1. The Hall–Kier alpha value is -2.60. The summed E-state index contributed by atoms with van der Waals surface area (Å²) in [6.45, 7) is 14.4. The van der Waals surface area contributed by atoms with Gasteiger partial charge in [0.1, 0.15) is 11.9 Å². The maximum atomic E-state index is 13.0. The van der Waals surface area contributed by atoms with Gasteiger partial charge in [-0.1, -0.05) is 65.3 Å². The van der Waals surface area contributed by atoms with Crippen molar-refractivity contribution in [2.45, 2.75) is 105 Å². The quantitative estimate of drug-likeness (QED) is 0.175. The second-order valence-electron chi connectivity index (χ2n) is 16.8. The van der Waals surface area contributed by atoms with E-state index in [9.17, 15) is 24.9 Å². The number of aliphatic hydroxyl groups excluding tert-OH is 1. The molecule has 4 fully saturated rings. The monoisotopic (exact) mass is 618 g/mol. The zero-order valence-electron chi connectivity index (χ0n) is 28.1. The molecule has 6 heteroatoms. The predicted octanol–water partition coefficient (Wildman–Crippen LogP) is 8.03. The summed E-state index contributed by atoms with van der Waals surface area (Å²) in [5.41, 5.74) is 1.36. The molecule has 0 aliphatic heterocycles. The molecular formula is C39H54O6. The minimum absolute atomic E-state index is 0.0239. The fraction of sp³-hybridized carbons (Fsp3) is 0.692. The summed E-state index contributed by atoms with van der Waals surface area (Å²) < 4.78 is 6.18. The number of aliphatic hydroxyl groups is 1. The van der Waals surface area contributed by atoms with Gasteiger partial charge in [0, 0.05) is 18.1 Å². The van der Waals surface area contributed by atoms with Gasteiger partial charge in [0.15, 0.2) is 0 Å². The Morgan fingerprint density at radius 1 is 0.933 bits per heavy atom. The van der Waals surface area contributed by atoms with Crippen molar-refractivity contribution in [1.82, 2.24) is 0 Å². The average molecular weight is 619 g/mol. The topological polar surface area (TPSA) is 104 Å². The van der Waals surface area contributed by atoms with Crippen molar-refractivity contribution in [2.75, 3.05) is 6.61 Å². The molecule has 0 radical (unpaired) electrons. The van der Waals surface area contributed by atoms with Crippen LogP contribution in [0.4, 0.5) is 0 Å². The molecule has 0 bridgehead atoms. The molecule has 0 unspecified atom stereocenters. The molecule has 5 aliphatic rings. The lowest BCUT2D eigenvalue weighted by atomic mass is 9.33. The Morgan fingerprint density at radius 3 is 2.31 bits per heavy atom. The maximum absolute atomic E-state index is 13.0. The Bertz CT molecular complexity index is 1390. The van der Waals surface area contributed by atoms with Crippen LogP contribution in [0.1, 0.15) is 105 Å². The van der Waals surface area contributed by atoms with Crippen LogP contribution in [0, 0.1) is 56.7 Å². The second kappa shape index (κ2) is 11.0. The summed E-state index contributed by atoms with van der Waals surface area (Å²) in [5, 5.41) is 30.5. The van der Waals surface area contributed by atoms with Gasteiger partial charge in [-0.15, -0.1) is 0 Å². The van der Waals surface area contributed by atoms with Crippen LogP contribution in [0.5, 0.6) is 5.75 Å². The molecule has 1 aromatic rings. The highest BCUT2D eigenvalue weighted by Crippen LogP contribution is 2.75. The smallest absolute Gasteiger partial charge is 0.331 e. The van der Waals surface area contributed by atoms with Crippen LogP contribution in [0.15, 0.2) is 42.0 Å². The molecule has 0 heterocycles. The SMILES string of the molecule is C[C@H]1[C@H](CO)CC[C@@]2(C(=O)O)CC[C@@]3(C)C(=CC[C@@H]4[C@@]5(C)CC[C@H](OC(=O)/C=C/c6ccc(O)cc6)C(C)(C)[C@@H]5CC[C@]43C)[C@H]12. The molecule has 45 heavy (non-hydrogen) atoms. The first-order chi connectivity index (χ1) is 21.1. The van der Waals surface area contributed by atoms with Crippen molar-refractivity contribution < 1.29 is 29.6 Å². The van der Waals surface area contributed by atoms with Gasteiger partial charge in [-0.25, -0.2) is 4.79 Å². The summed E-state index contributed by atoms with van der Waals surface area (Å²) in [5.74, 6) is 0.369. The molecule has 3 N–H and O–H groups in total. The van der Waals surface area contributed by atoms with E-state index in [1.54, 1.807) is 30.3 Å². The molecule has 246 valence electrons. The Labute approximate surface area is 269 Å². The number of esters is 1. The fourth-order valence-corrected chi connectivity index (χ4v) is 12.1. The van der Waals surface area contributed by atoms with Crippen molar-refractivity contribution in [3.8, 4) is 5.75 Å². The summed E-state index contributed by atoms with van der Waals surface area (Å²) in [4.78, 5) is 26.0. The zero-order chi connectivity index (χ0) is 32.6. The van der Waals surface area contributed by atoms with Gasteiger partial charge in [0.25, 0.3) is 0 Å². The summed E-state index contributed by atoms with van der Waals surface area (Å²) >= 11 is 0. The van der Waals surface area contributed by atoms with E-state index < -0.39 is 11.4 Å². The molecule has 4 saturated carbocycles. The van der Waals surface area contributed by atoms with Crippen LogP contribution in [-0.4, -0.2) is 40.0 Å². The third-order valence-corrected chi connectivity index (χ3v) is 14.9. The van der Waals surface area contributed by atoms with Crippen LogP contribution in [-0.2, 0) is 14.3 Å². The van der Waals surface area contributed by atoms with E-state index >= 15 is 0 Å². The van der Waals surface area contributed by atoms with Gasteiger partial charge in [0.05, 0.1) is 5.41 Å². The number of carbonyl (C=O) groups excluding carboxylic acids is 1. The molecule has 6 rings (SSSR count). The lowest BCUT2D eigenvalue weighted by molar-refractivity contribution is -0.213. The molecule has 0 aromatic heterocycles. The number of phenolic OH excluding ortho intramolecular Hbond substituents is 1. The van der Waals surface area contributed by atoms with Crippen LogP contribution in [0.25, 0.3) is 6.08 Å². The Kier molecular flexibility index (Phi) is 7.90. The van der Waals surface area contributed by atoms with Gasteiger partial charge < -0.3 is 20.1 Å². The number of allylic oxidation sites excluding steroid dienone is 2.